The Labute approximate surface area is 705 Å². The van der Waals surface area contributed by atoms with Crippen LogP contribution in [0.1, 0.15) is 265 Å². The van der Waals surface area contributed by atoms with Crippen molar-refractivity contribution in [2.75, 3.05) is 40.9 Å². The number of aliphatic hydroxyl groups excluding tert-OH is 3. The molecule has 13 N–H and O–H groups in total. The van der Waals surface area contributed by atoms with Crippen molar-refractivity contribution in [2.45, 2.75) is 402 Å². The van der Waals surface area contributed by atoms with Gasteiger partial charge in [-0.3, -0.25) is 32.9 Å². The van der Waals surface area contributed by atoms with Gasteiger partial charge in [0.25, 0.3) is 0 Å². The van der Waals surface area contributed by atoms with E-state index < -0.39 is 209 Å². The number of aliphatic hydroxyl groups is 10. The number of nitrogens with zero attached hydrogens (tertiary/aromatic N) is 2. The number of rotatable bonds is 23. The average Bonchev–Trinajstić information content (AvgIpc) is 1.46. The van der Waals surface area contributed by atoms with Crippen LogP contribution in [-0.4, -0.2) is 292 Å². The molecule has 4 bridgehead atoms. The summed E-state index contributed by atoms with van der Waals surface area (Å²) in [6.07, 6.45) is 4.47. The Balaban J connectivity index is 0.000000267. The van der Waals surface area contributed by atoms with E-state index in [0.29, 0.717) is 63.0 Å². The summed E-state index contributed by atoms with van der Waals surface area (Å²) in [7, 11) is -3.69. The van der Waals surface area contributed by atoms with Crippen LogP contribution in [0.25, 0.3) is 0 Å². The van der Waals surface area contributed by atoms with Crippen LogP contribution in [0.2, 0.25) is 0 Å². The molecule has 0 aromatic carbocycles. The molecule has 119 heavy (non-hydrogen) atoms. The minimum Gasteiger partial charge on any atom is -0.459 e. The van der Waals surface area contributed by atoms with Gasteiger partial charge in [-0.15, -0.1) is 0 Å². The number of likely N-dealkylation sites (N-methyl/N-ethyl adjacent to an activating group) is 1. The fourth-order valence-corrected chi connectivity index (χ4v) is 22.6. The number of methoxy groups -OCH3 is 1. The van der Waals surface area contributed by atoms with Gasteiger partial charge in [0, 0.05) is 98.4 Å². The first kappa shape index (κ1) is 103. The van der Waals surface area contributed by atoms with E-state index in [1.54, 1.807) is 75.3 Å². The second-order valence-electron chi connectivity index (χ2n) is 37.8. The predicted molar refractivity (Wildman–Crippen MR) is 434 cm³/mol. The van der Waals surface area contributed by atoms with Gasteiger partial charge in [-0.2, -0.15) is 16.8 Å². The monoisotopic (exact) mass is 1740 g/mol. The number of allylic oxidation sites excluding steroid dienone is 1. The topological polar surface area (TPSA) is 498 Å². The zero-order valence-corrected chi connectivity index (χ0v) is 75.7. The summed E-state index contributed by atoms with van der Waals surface area (Å²) in [4.78, 5) is 57.8. The summed E-state index contributed by atoms with van der Waals surface area (Å²) in [5, 5.41) is 121. The lowest BCUT2D eigenvalue weighted by Gasteiger charge is -2.68. The number of hydrogen-bond acceptors (Lipinski definition) is 30. The first-order valence-corrected chi connectivity index (χ1v) is 46.1. The lowest BCUT2D eigenvalue weighted by Crippen LogP contribution is -2.85. The van der Waals surface area contributed by atoms with Gasteiger partial charge in [0.05, 0.1) is 72.0 Å². The van der Waals surface area contributed by atoms with Crippen molar-refractivity contribution in [3.05, 3.63) is 11.6 Å². The van der Waals surface area contributed by atoms with E-state index in [1.807, 2.05) is 32.8 Å². The summed E-state index contributed by atoms with van der Waals surface area (Å²) >= 11 is 0. The Hall–Kier alpha value is -3.16. The molecule has 0 amide bonds. The van der Waals surface area contributed by atoms with Crippen molar-refractivity contribution in [2.24, 2.45) is 52.8 Å². The third-order valence-electron chi connectivity index (χ3n) is 29.1. The number of piperidine rings is 2. The van der Waals surface area contributed by atoms with E-state index in [-0.39, 0.29) is 69.9 Å². The summed E-state index contributed by atoms with van der Waals surface area (Å²) in [6.45, 7) is 30.4. The van der Waals surface area contributed by atoms with Crippen LogP contribution in [0, 0.1) is 52.8 Å². The Morgan fingerprint density at radius 3 is 1.83 bits per heavy atom. The number of ketones is 1. The van der Waals surface area contributed by atoms with Crippen LogP contribution >= 0.6 is 0 Å². The van der Waals surface area contributed by atoms with E-state index in [4.69, 9.17) is 64.7 Å². The van der Waals surface area contributed by atoms with Crippen molar-refractivity contribution >= 4 is 44.5 Å². The molecule has 4 aliphatic carbocycles. The van der Waals surface area contributed by atoms with Gasteiger partial charge in [0.2, 0.25) is 5.79 Å². The summed E-state index contributed by atoms with van der Waals surface area (Å²) in [5.74, 6) is -9.63. The average molecular weight is 1750 g/mol. The molecular formula is C84H148N2O31S2. The molecule has 6 heterocycles. The number of cyclic esters (lactones) is 1. The summed E-state index contributed by atoms with van der Waals surface area (Å²) in [5.41, 5.74) is -13.9. The van der Waals surface area contributed by atoms with E-state index in [9.17, 15) is 78.7 Å². The highest BCUT2D eigenvalue weighted by atomic mass is 32.3. The third kappa shape index (κ3) is 21.7. The lowest BCUT2D eigenvalue weighted by atomic mass is 9.49. The number of carbonyl (C=O) groups excluding carboxylic acids is 4. The fraction of sp³-hybridized carbons (Fsp3) is 0.929. The molecule has 692 valence electrons. The number of Topliss-reactive ketones (excluding diaryl/α,β-unsaturated/α-hetero) is 1. The van der Waals surface area contributed by atoms with Gasteiger partial charge in [-0.05, 0) is 147 Å². The van der Waals surface area contributed by atoms with E-state index >= 15 is 0 Å². The number of ether oxygens (including phenoxy) is 9. The SMILES string of the molecule is CC=C(C)C(=O)OC1CCC2(C)C3CCC4C5(O)CC(O)C6(O)C(CN7CC(C)CCC7C6(C)O)C5(O)CC42OC13O.CCC(=O)OC1C(OC2C(C)C(OC3CC(C)(OC)C(O)C(C)O3)C(C)C(=O)OC(CC)C(C)(O)C(O)C(C)C(=O)C(C)CC2(C)O)OC(C)CC1N(C)C.CCCCCCCCCCCCOS(=O)(=O)O.O=S(=O)(O)O. The molecule has 32 atom stereocenters. The second kappa shape index (κ2) is 40.0. The zero-order chi connectivity index (χ0) is 89.9. The zero-order valence-electron chi connectivity index (χ0n) is 74.0. The Morgan fingerprint density at radius 2 is 1.28 bits per heavy atom. The van der Waals surface area contributed by atoms with Crippen LogP contribution in [0.3, 0.4) is 0 Å². The number of esters is 3. The maximum atomic E-state index is 14.2. The lowest BCUT2D eigenvalue weighted by molar-refractivity contribution is -0.354. The molecule has 10 fully saturated rings. The van der Waals surface area contributed by atoms with Crippen LogP contribution in [-0.2, 0) is 86.8 Å². The van der Waals surface area contributed by atoms with Gasteiger partial charge < -0.3 is 98.6 Å². The van der Waals surface area contributed by atoms with Crippen molar-refractivity contribution in [1.82, 2.24) is 9.80 Å². The Morgan fingerprint density at radius 1 is 0.689 bits per heavy atom. The molecule has 1 spiro atoms. The quantitative estimate of drug-likeness (QED) is 0.0164. The first-order valence-electron chi connectivity index (χ1n) is 43.4. The van der Waals surface area contributed by atoms with E-state index in [1.165, 1.54) is 72.8 Å². The van der Waals surface area contributed by atoms with Crippen LogP contribution < -0.4 is 0 Å². The molecule has 32 unspecified atom stereocenters. The van der Waals surface area contributed by atoms with Crippen molar-refractivity contribution < 1.29 is 148 Å². The highest BCUT2D eigenvalue weighted by molar-refractivity contribution is 7.80. The Kier molecular flexibility index (Phi) is 34.6. The van der Waals surface area contributed by atoms with Gasteiger partial charge in [-0.25, -0.2) is 8.98 Å². The highest BCUT2D eigenvalue weighted by Crippen LogP contribution is 2.78. The molecule has 35 heteroatoms. The van der Waals surface area contributed by atoms with Gasteiger partial charge >= 0.3 is 38.7 Å². The van der Waals surface area contributed by atoms with Crippen molar-refractivity contribution in [3.63, 3.8) is 0 Å². The maximum Gasteiger partial charge on any atom is 0.397 e. The molecular weight excluding hydrogens is 1600 g/mol. The minimum atomic E-state index is -4.67. The largest absolute Gasteiger partial charge is 0.459 e. The molecule has 10 aliphatic rings. The van der Waals surface area contributed by atoms with Crippen LogP contribution in [0.4, 0.5) is 0 Å². The van der Waals surface area contributed by atoms with E-state index in [2.05, 4.69) is 22.9 Å². The molecule has 0 radical (unpaired) electrons. The fourth-order valence-electron chi connectivity index (χ4n) is 22.3. The van der Waals surface area contributed by atoms with Gasteiger partial charge in [-0.1, -0.05) is 119 Å². The summed E-state index contributed by atoms with van der Waals surface area (Å²) in [6, 6.07) is -0.706. The Bertz CT molecular complexity index is 3640. The van der Waals surface area contributed by atoms with Crippen LogP contribution in [0.15, 0.2) is 11.6 Å². The molecule has 0 aromatic rings. The molecule has 0 aromatic heterocycles. The highest BCUT2D eigenvalue weighted by Gasteiger charge is 2.89. The van der Waals surface area contributed by atoms with Crippen molar-refractivity contribution in [3.8, 4) is 0 Å². The predicted octanol–water partition coefficient (Wildman–Crippen LogP) is 6.81. The van der Waals surface area contributed by atoms with Crippen LogP contribution in [0.5, 0.6) is 0 Å². The maximum absolute atomic E-state index is 14.2. The molecule has 6 saturated heterocycles. The van der Waals surface area contributed by atoms with Crippen molar-refractivity contribution in [1.29, 1.82) is 0 Å². The first-order chi connectivity index (χ1) is 54.9. The molecule has 6 aliphatic heterocycles. The van der Waals surface area contributed by atoms with E-state index in [0.717, 1.165) is 19.3 Å². The number of carbonyl (C=O) groups is 4. The standard InChI is InChI=1S/C40H71NO14.C32H49NO9.C12H26O4S.H2O4S/c1-15-27-40(11,48)33(44)22(5)30(43)20(3)18-38(9,47)35(55-37-32(53-28(42)16-2)26(41(12)13)17-21(4)50-37)23(6)31(24(7)36(46)52-27)54-29-19-39(10,49-14)34(45)25(8)51-29;1-6-18(3)25(35)41-24-11-12-26(4)19-8-9-20-28(37)13-23(34)31(39)21(29(28,38)16-30(20,26)42-32(19,24)40)15-33-14-17(2)7-10-22(33)27(31,5)36;1-2-3-4-5-6-7-8-9-10-11-12-16-17(13,14)15;1-5(2,3)4/h20-27,29,31-35,37,44-45,47-48H,15-19H2,1-14H3;6,17,19-24,34,36-40H,7-16H2,1-5H3;2-12H2,1H3,(H,13,14,15);(H2,1,2,3,4). The molecule has 33 nitrogen and oxygen atoms in total. The van der Waals surface area contributed by atoms with Gasteiger partial charge in [0.15, 0.2) is 24.8 Å². The van der Waals surface area contributed by atoms with Gasteiger partial charge in [0.1, 0.15) is 46.0 Å². The third-order valence-corrected chi connectivity index (χ3v) is 29.6. The number of hydrogen-bond donors (Lipinski definition) is 13. The molecule has 4 saturated carbocycles. The molecule has 10 rings (SSSR count). The second-order valence-corrected chi connectivity index (χ2v) is 39.8. The normalized spacial score (nSPS) is 45.1. The number of fused-ring (bicyclic) bond motifs is 5. The number of unbranched alkanes of at least 4 members (excludes halogenated alkanes) is 9. The summed E-state index contributed by atoms with van der Waals surface area (Å²) < 4.78 is 121. The minimum absolute atomic E-state index is 0.0606. The smallest absolute Gasteiger partial charge is 0.397 e.